The van der Waals surface area contributed by atoms with Crippen LogP contribution in [0.25, 0.3) is 11.3 Å². The first-order valence-corrected chi connectivity index (χ1v) is 7.77. The van der Waals surface area contributed by atoms with Gasteiger partial charge in [0.1, 0.15) is 5.69 Å². The molecule has 6 heteroatoms. The number of amides is 1. The highest BCUT2D eigenvalue weighted by atomic mass is 35.5. The molecule has 22 heavy (non-hydrogen) atoms. The molecule has 3 rings (SSSR count). The summed E-state index contributed by atoms with van der Waals surface area (Å²) in [6, 6.07) is 9.15. The van der Waals surface area contributed by atoms with Crippen molar-refractivity contribution in [3.63, 3.8) is 0 Å². The van der Waals surface area contributed by atoms with Crippen LogP contribution in [0.4, 0.5) is 0 Å². The minimum Gasteiger partial charge on any atom is -0.396 e. The minimum atomic E-state index is -0.0535. The Morgan fingerprint density at radius 3 is 2.77 bits per heavy atom. The van der Waals surface area contributed by atoms with Gasteiger partial charge in [-0.1, -0.05) is 29.8 Å². The Balaban J connectivity index is 1.74. The Morgan fingerprint density at radius 1 is 1.36 bits per heavy atom. The second kappa shape index (κ2) is 6.50. The van der Waals surface area contributed by atoms with E-state index >= 15 is 0 Å². The number of carbonyl (C=O) groups is 1. The van der Waals surface area contributed by atoms with Crippen LogP contribution in [0.15, 0.2) is 30.3 Å². The molecule has 1 fully saturated rings. The summed E-state index contributed by atoms with van der Waals surface area (Å²) in [6.45, 7) is 1.54. The predicted molar refractivity (Wildman–Crippen MR) is 84.7 cm³/mol. The number of H-pyrrole nitrogens is 1. The largest absolute Gasteiger partial charge is 0.396 e. The lowest BCUT2D eigenvalue weighted by molar-refractivity contribution is 0.0645. The molecule has 1 aliphatic heterocycles. The molecule has 1 saturated heterocycles. The molecule has 1 amide bonds. The average Bonchev–Trinajstić information content (AvgIpc) is 3.04. The molecular weight excluding hydrogens is 302 g/mol. The monoisotopic (exact) mass is 319 g/mol. The summed E-state index contributed by atoms with van der Waals surface area (Å²) in [5.74, 6) is 0.256. The van der Waals surface area contributed by atoms with Gasteiger partial charge in [-0.25, -0.2) is 0 Å². The van der Waals surface area contributed by atoms with Crippen LogP contribution in [0, 0.1) is 5.92 Å². The van der Waals surface area contributed by atoms with E-state index in [0.29, 0.717) is 35.4 Å². The predicted octanol–water partition coefficient (Wildman–Crippen LogP) is 2.57. The Morgan fingerprint density at radius 2 is 2.09 bits per heavy atom. The van der Waals surface area contributed by atoms with Crippen LogP contribution in [0.2, 0.25) is 5.02 Å². The summed E-state index contributed by atoms with van der Waals surface area (Å²) in [5, 5.41) is 16.8. The number of aliphatic hydroxyl groups is 1. The van der Waals surface area contributed by atoms with Crippen molar-refractivity contribution in [2.75, 3.05) is 19.7 Å². The molecule has 2 N–H and O–H groups in total. The quantitative estimate of drug-likeness (QED) is 0.913. The zero-order chi connectivity index (χ0) is 15.5. The van der Waals surface area contributed by atoms with E-state index in [1.165, 1.54) is 0 Å². The third kappa shape index (κ3) is 3.00. The molecule has 2 heterocycles. The number of hydrogen-bond donors (Lipinski definition) is 2. The van der Waals surface area contributed by atoms with Gasteiger partial charge in [0.05, 0.1) is 10.7 Å². The molecule has 0 aliphatic carbocycles. The number of aromatic nitrogens is 2. The third-order valence-corrected chi connectivity index (χ3v) is 4.45. The number of hydrogen-bond acceptors (Lipinski definition) is 3. The van der Waals surface area contributed by atoms with Crippen LogP contribution in [0.5, 0.6) is 0 Å². The summed E-state index contributed by atoms with van der Waals surface area (Å²) in [6.07, 6.45) is 1.68. The van der Waals surface area contributed by atoms with Gasteiger partial charge in [-0.05, 0) is 30.9 Å². The normalized spacial score (nSPS) is 16.0. The van der Waals surface area contributed by atoms with Crippen LogP contribution in [-0.4, -0.2) is 45.8 Å². The van der Waals surface area contributed by atoms with Crippen molar-refractivity contribution in [2.45, 2.75) is 12.8 Å². The molecule has 0 unspecified atom stereocenters. The van der Waals surface area contributed by atoms with Crippen LogP contribution >= 0.6 is 11.6 Å². The van der Waals surface area contributed by atoms with Gasteiger partial charge in [0.25, 0.3) is 5.91 Å². The molecule has 1 aromatic heterocycles. The zero-order valence-corrected chi connectivity index (χ0v) is 12.9. The molecule has 1 aromatic carbocycles. The summed E-state index contributed by atoms with van der Waals surface area (Å²) in [7, 11) is 0. The van der Waals surface area contributed by atoms with E-state index in [9.17, 15) is 4.79 Å². The summed E-state index contributed by atoms with van der Waals surface area (Å²) in [4.78, 5) is 14.3. The van der Waals surface area contributed by atoms with Gasteiger partial charge < -0.3 is 10.0 Å². The summed E-state index contributed by atoms with van der Waals surface area (Å²) < 4.78 is 0. The Bertz CT molecular complexity index is 663. The van der Waals surface area contributed by atoms with Gasteiger partial charge in [-0.2, -0.15) is 5.10 Å². The number of likely N-dealkylation sites (tertiary alicyclic amines) is 1. The van der Waals surface area contributed by atoms with Crippen molar-refractivity contribution in [2.24, 2.45) is 5.92 Å². The Kier molecular flexibility index (Phi) is 4.45. The maximum atomic E-state index is 12.5. The number of aliphatic hydroxyl groups excluding tert-OH is 1. The van der Waals surface area contributed by atoms with Crippen molar-refractivity contribution in [1.82, 2.24) is 15.1 Å². The molecular formula is C16H18ClN3O2. The first kappa shape index (κ1) is 15.1. The topological polar surface area (TPSA) is 69.2 Å². The number of rotatable bonds is 3. The second-order valence-corrected chi connectivity index (χ2v) is 5.97. The van der Waals surface area contributed by atoms with Crippen LogP contribution in [0.3, 0.4) is 0 Å². The third-order valence-electron chi connectivity index (χ3n) is 4.12. The SMILES string of the molecule is O=C(c1cc(-c2ccccc2Cl)n[nH]1)N1CCC(CO)CC1. The fraction of sp³-hybridized carbons (Fsp3) is 0.375. The van der Waals surface area contributed by atoms with Crippen LogP contribution in [0.1, 0.15) is 23.3 Å². The Hall–Kier alpha value is -1.85. The molecule has 0 saturated carbocycles. The van der Waals surface area contributed by atoms with Crippen molar-refractivity contribution in [1.29, 1.82) is 0 Å². The molecule has 0 atom stereocenters. The van der Waals surface area contributed by atoms with Crippen LogP contribution in [-0.2, 0) is 0 Å². The maximum Gasteiger partial charge on any atom is 0.271 e. The van der Waals surface area contributed by atoms with Crippen molar-refractivity contribution >= 4 is 17.5 Å². The van der Waals surface area contributed by atoms with E-state index in [1.807, 2.05) is 18.2 Å². The molecule has 116 valence electrons. The lowest BCUT2D eigenvalue weighted by atomic mass is 9.98. The van der Waals surface area contributed by atoms with E-state index in [0.717, 1.165) is 18.4 Å². The number of nitrogens with zero attached hydrogens (tertiary/aromatic N) is 2. The molecule has 0 spiro atoms. The first-order chi connectivity index (χ1) is 10.7. The number of benzene rings is 1. The summed E-state index contributed by atoms with van der Waals surface area (Å²) in [5.41, 5.74) is 1.94. The minimum absolute atomic E-state index is 0.0535. The average molecular weight is 320 g/mol. The highest BCUT2D eigenvalue weighted by Gasteiger charge is 2.24. The lowest BCUT2D eigenvalue weighted by Gasteiger charge is -2.30. The standard InChI is InChI=1S/C16H18ClN3O2/c17-13-4-2-1-3-12(13)14-9-15(19-18-14)16(22)20-7-5-11(10-21)6-8-20/h1-4,9,11,21H,5-8,10H2,(H,18,19). The zero-order valence-electron chi connectivity index (χ0n) is 12.1. The van der Waals surface area contributed by atoms with Gasteiger partial charge in [0.15, 0.2) is 0 Å². The fourth-order valence-electron chi connectivity index (χ4n) is 2.73. The number of carbonyl (C=O) groups excluding carboxylic acids is 1. The Labute approximate surface area is 133 Å². The smallest absolute Gasteiger partial charge is 0.271 e. The highest BCUT2D eigenvalue weighted by Crippen LogP contribution is 2.27. The lowest BCUT2D eigenvalue weighted by Crippen LogP contribution is -2.39. The van der Waals surface area contributed by atoms with Crippen molar-refractivity contribution < 1.29 is 9.90 Å². The molecule has 0 bridgehead atoms. The van der Waals surface area contributed by atoms with E-state index in [1.54, 1.807) is 17.0 Å². The molecule has 0 radical (unpaired) electrons. The molecule has 1 aliphatic rings. The van der Waals surface area contributed by atoms with Gasteiger partial charge in [-0.3, -0.25) is 9.89 Å². The number of piperidine rings is 1. The van der Waals surface area contributed by atoms with Gasteiger partial charge >= 0.3 is 0 Å². The van der Waals surface area contributed by atoms with Gasteiger partial charge in [-0.15, -0.1) is 0 Å². The maximum absolute atomic E-state index is 12.5. The van der Waals surface area contributed by atoms with E-state index in [-0.39, 0.29) is 12.5 Å². The second-order valence-electron chi connectivity index (χ2n) is 5.56. The van der Waals surface area contributed by atoms with E-state index in [4.69, 9.17) is 16.7 Å². The molecule has 5 nitrogen and oxygen atoms in total. The number of nitrogens with one attached hydrogen (secondary N) is 1. The van der Waals surface area contributed by atoms with Crippen molar-refractivity contribution in [3.8, 4) is 11.3 Å². The summed E-state index contributed by atoms with van der Waals surface area (Å²) >= 11 is 6.16. The number of halogens is 1. The van der Waals surface area contributed by atoms with Gasteiger partial charge in [0.2, 0.25) is 0 Å². The number of aromatic amines is 1. The van der Waals surface area contributed by atoms with Crippen LogP contribution < -0.4 is 0 Å². The van der Waals surface area contributed by atoms with E-state index < -0.39 is 0 Å². The highest BCUT2D eigenvalue weighted by molar-refractivity contribution is 6.33. The van der Waals surface area contributed by atoms with Crippen molar-refractivity contribution in [3.05, 3.63) is 41.0 Å². The fourth-order valence-corrected chi connectivity index (χ4v) is 2.96. The first-order valence-electron chi connectivity index (χ1n) is 7.39. The van der Waals surface area contributed by atoms with E-state index in [2.05, 4.69) is 10.2 Å². The molecule has 2 aromatic rings. The van der Waals surface area contributed by atoms with Gasteiger partial charge in [0, 0.05) is 25.3 Å².